The minimum absolute atomic E-state index is 0.0158. The van der Waals surface area contributed by atoms with E-state index < -0.39 is 10.0 Å². The van der Waals surface area contributed by atoms with E-state index >= 15 is 0 Å². The van der Waals surface area contributed by atoms with Gasteiger partial charge in [0.25, 0.3) is 0 Å². The number of halogens is 2. The number of rotatable bonds is 6. The van der Waals surface area contributed by atoms with Crippen molar-refractivity contribution in [1.29, 1.82) is 0 Å². The van der Waals surface area contributed by atoms with Crippen molar-refractivity contribution in [3.63, 3.8) is 0 Å². The van der Waals surface area contributed by atoms with E-state index in [0.29, 0.717) is 18.1 Å². The van der Waals surface area contributed by atoms with Crippen LogP contribution in [0.5, 0.6) is 5.75 Å². The van der Waals surface area contributed by atoms with Crippen LogP contribution in [0, 0.1) is 6.92 Å². The number of benzene rings is 2. The summed E-state index contributed by atoms with van der Waals surface area (Å²) in [6.45, 7) is 3.32. The number of ether oxygens (including phenoxy) is 1. The Balaban J connectivity index is 1.52. The summed E-state index contributed by atoms with van der Waals surface area (Å²) in [5, 5.41) is 0.427. The molecule has 6 nitrogen and oxygen atoms in total. The average Bonchev–Trinajstić information content (AvgIpc) is 2.71. The van der Waals surface area contributed by atoms with E-state index in [4.69, 9.17) is 27.9 Å². The van der Waals surface area contributed by atoms with Crippen molar-refractivity contribution in [3.05, 3.63) is 58.1 Å². The van der Waals surface area contributed by atoms with Crippen LogP contribution in [0.1, 0.15) is 12.0 Å². The number of aryl methyl sites for hydroxylation is 1. The molecule has 1 amide bonds. The number of hydrogen-bond acceptors (Lipinski definition) is 4. The lowest BCUT2D eigenvalue weighted by Gasteiger charge is -2.34. The Morgan fingerprint density at radius 1 is 1.03 bits per heavy atom. The molecule has 2 aromatic rings. The van der Waals surface area contributed by atoms with Crippen molar-refractivity contribution >= 4 is 39.1 Å². The van der Waals surface area contributed by atoms with Gasteiger partial charge in [-0.3, -0.25) is 4.79 Å². The Kier molecular flexibility index (Phi) is 7.05. The molecule has 9 heteroatoms. The van der Waals surface area contributed by atoms with Gasteiger partial charge >= 0.3 is 0 Å². The maximum Gasteiger partial charge on any atom is 0.244 e. The molecule has 0 aromatic heterocycles. The second kappa shape index (κ2) is 9.34. The van der Waals surface area contributed by atoms with Crippen LogP contribution in [0.25, 0.3) is 0 Å². The largest absolute Gasteiger partial charge is 0.493 e. The zero-order chi connectivity index (χ0) is 21.0. The SMILES string of the molecule is Cc1ccc(OCCC(=O)N2CCN(S(=O)(=O)c3cc(Cl)ccc3Cl)CC2)cc1. The van der Waals surface area contributed by atoms with E-state index in [1.165, 1.54) is 22.5 Å². The fourth-order valence-electron chi connectivity index (χ4n) is 3.04. The molecule has 156 valence electrons. The quantitative estimate of drug-likeness (QED) is 0.665. The molecule has 0 atom stereocenters. The van der Waals surface area contributed by atoms with Gasteiger partial charge < -0.3 is 9.64 Å². The van der Waals surface area contributed by atoms with Gasteiger partial charge in [-0.2, -0.15) is 4.31 Å². The number of sulfonamides is 1. The van der Waals surface area contributed by atoms with Crippen LogP contribution in [-0.2, 0) is 14.8 Å². The van der Waals surface area contributed by atoms with E-state index in [1.54, 1.807) is 4.90 Å². The Hall–Kier alpha value is -1.80. The van der Waals surface area contributed by atoms with Crippen LogP contribution < -0.4 is 4.74 Å². The number of amides is 1. The van der Waals surface area contributed by atoms with Crippen LogP contribution >= 0.6 is 23.2 Å². The molecule has 29 heavy (non-hydrogen) atoms. The standard InChI is InChI=1S/C20H22Cl2N2O4S/c1-15-2-5-17(6-3-15)28-13-8-20(25)23-9-11-24(12-10-23)29(26,27)19-14-16(21)4-7-18(19)22/h2-7,14H,8-13H2,1H3. The zero-order valence-corrected chi connectivity index (χ0v) is 18.3. The van der Waals surface area contributed by atoms with Crippen molar-refractivity contribution < 1.29 is 17.9 Å². The molecule has 0 spiro atoms. The van der Waals surface area contributed by atoms with E-state index in [1.807, 2.05) is 31.2 Å². The first-order chi connectivity index (χ1) is 13.8. The van der Waals surface area contributed by atoms with Gasteiger partial charge in [0.15, 0.2) is 0 Å². The Morgan fingerprint density at radius 3 is 2.34 bits per heavy atom. The van der Waals surface area contributed by atoms with Crippen molar-refractivity contribution in [3.8, 4) is 5.75 Å². The molecular formula is C20H22Cl2N2O4S. The third-order valence-electron chi connectivity index (χ3n) is 4.71. The van der Waals surface area contributed by atoms with E-state index in [0.717, 1.165) is 11.3 Å². The molecule has 0 unspecified atom stereocenters. The highest BCUT2D eigenvalue weighted by atomic mass is 35.5. The van der Waals surface area contributed by atoms with Crippen molar-refractivity contribution in [2.24, 2.45) is 0 Å². The molecule has 0 bridgehead atoms. The van der Waals surface area contributed by atoms with Crippen LogP contribution in [-0.4, -0.2) is 56.3 Å². The van der Waals surface area contributed by atoms with E-state index in [2.05, 4.69) is 0 Å². The van der Waals surface area contributed by atoms with Crippen LogP contribution in [0.3, 0.4) is 0 Å². The first-order valence-electron chi connectivity index (χ1n) is 9.20. The Bertz CT molecular complexity index is 972. The molecule has 2 aromatic carbocycles. The minimum Gasteiger partial charge on any atom is -0.493 e. The summed E-state index contributed by atoms with van der Waals surface area (Å²) in [5.74, 6) is 0.660. The van der Waals surface area contributed by atoms with Crippen LogP contribution in [0.15, 0.2) is 47.4 Å². The number of piperazine rings is 1. The smallest absolute Gasteiger partial charge is 0.244 e. The lowest BCUT2D eigenvalue weighted by molar-refractivity contribution is -0.132. The normalized spacial score (nSPS) is 15.3. The summed E-state index contributed by atoms with van der Waals surface area (Å²) in [6.07, 6.45) is 0.237. The lowest BCUT2D eigenvalue weighted by Crippen LogP contribution is -2.50. The number of carbonyl (C=O) groups is 1. The van der Waals surface area contributed by atoms with Gasteiger partial charge in [0.1, 0.15) is 10.6 Å². The number of carbonyl (C=O) groups excluding carboxylic acids is 1. The van der Waals surface area contributed by atoms with Crippen LogP contribution in [0.2, 0.25) is 10.0 Å². The molecular weight excluding hydrogens is 435 g/mol. The monoisotopic (exact) mass is 456 g/mol. The number of nitrogens with zero attached hydrogens (tertiary/aromatic N) is 2. The van der Waals surface area contributed by atoms with Gasteiger partial charge in [-0.1, -0.05) is 40.9 Å². The highest BCUT2D eigenvalue weighted by Gasteiger charge is 2.31. The Labute approximate surface area is 181 Å². The summed E-state index contributed by atoms with van der Waals surface area (Å²) >= 11 is 12.0. The second-order valence-electron chi connectivity index (χ2n) is 6.77. The third-order valence-corrected chi connectivity index (χ3v) is 7.32. The predicted molar refractivity (Wildman–Crippen MR) is 113 cm³/mol. The van der Waals surface area contributed by atoms with E-state index in [9.17, 15) is 13.2 Å². The van der Waals surface area contributed by atoms with Gasteiger partial charge in [0.2, 0.25) is 15.9 Å². The van der Waals surface area contributed by atoms with Gasteiger partial charge in [0, 0.05) is 31.2 Å². The van der Waals surface area contributed by atoms with Crippen molar-refractivity contribution in [1.82, 2.24) is 9.21 Å². The van der Waals surface area contributed by atoms with Gasteiger partial charge in [-0.05, 0) is 37.3 Å². The average molecular weight is 457 g/mol. The lowest BCUT2D eigenvalue weighted by atomic mass is 10.2. The molecule has 3 rings (SSSR count). The maximum atomic E-state index is 12.8. The topological polar surface area (TPSA) is 66.9 Å². The summed E-state index contributed by atoms with van der Waals surface area (Å²) in [6, 6.07) is 12.0. The molecule has 0 aliphatic carbocycles. The minimum atomic E-state index is -3.77. The van der Waals surface area contributed by atoms with Crippen molar-refractivity contribution in [2.45, 2.75) is 18.2 Å². The van der Waals surface area contributed by atoms with E-state index in [-0.39, 0.29) is 41.9 Å². The molecule has 0 radical (unpaired) electrons. The fourth-order valence-corrected chi connectivity index (χ4v) is 5.20. The van der Waals surface area contributed by atoms with Gasteiger partial charge in [-0.15, -0.1) is 0 Å². The molecule has 0 saturated carbocycles. The molecule has 1 fully saturated rings. The highest BCUT2D eigenvalue weighted by molar-refractivity contribution is 7.89. The number of hydrogen-bond donors (Lipinski definition) is 0. The summed E-state index contributed by atoms with van der Waals surface area (Å²) in [7, 11) is -3.77. The summed E-state index contributed by atoms with van der Waals surface area (Å²) < 4.78 is 32.6. The highest BCUT2D eigenvalue weighted by Crippen LogP contribution is 2.28. The van der Waals surface area contributed by atoms with Gasteiger partial charge in [-0.25, -0.2) is 8.42 Å². The molecule has 1 saturated heterocycles. The zero-order valence-electron chi connectivity index (χ0n) is 16.0. The summed E-state index contributed by atoms with van der Waals surface area (Å²) in [4.78, 5) is 14.0. The second-order valence-corrected chi connectivity index (χ2v) is 9.52. The first-order valence-corrected chi connectivity index (χ1v) is 11.4. The summed E-state index contributed by atoms with van der Waals surface area (Å²) in [5.41, 5.74) is 1.14. The fraction of sp³-hybridized carbons (Fsp3) is 0.350. The molecule has 1 aliphatic rings. The predicted octanol–water partition coefficient (Wildman–Crippen LogP) is 3.60. The molecule has 1 heterocycles. The van der Waals surface area contributed by atoms with Crippen LogP contribution in [0.4, 0.5) is 0 Å². The molecule has 0 N–H and O–H groups in total. The maximum absolute atomic E-state index is 12.8. The third kappa shape index (κ3) is 5.42. The van der Waals surface area contributed by atoms with Gasteiger partial charge in [0.05, 0.1) is 18.1 Å². The first kappa shape index (κ1) is 21.9. The van der Waals surface area contributed by atoms with Crippen molar-refractivity contribution in [2.75, 3.05) is 32.8 Å². The Morgan fingerprint density at radius 2 is 1.69 bits per heavy atom. The molecule has 1 aliphatic heterocycles.